The number of hydrogen-bond donors (Lipinski definition) is 2. The molecule has 108 valence electrons. The Morgan fingerprint density at radius 2 is 2.19 bits per heavy atom. The molecule has 0 radical (unpaired) electrons. The summed E-state index contributed by atoms with van der Waals surface area (Å²) in [6, 6.07) is 5.35. The normalized spacial score (nSPS) is 9.90. The standard InChI is InChI=1S/C16H17N3O2/c1-11-13(7-5-9-20)6-4-8-14(11)16(21)17-15-10-19(3)18-12(15)2/h4,6,8,10,20H,9H2,1-3H3,(H,17,21). The molecule has 2 aromatic rings. The van der Waals surface area contributed by atoms with Crippen LogP contribution in [0.4, 0.5) is 5.69 Å². The molecule has 0 aliphatic rings. The van der Waals surface area contributed by atoms with Gasteiger partial charge < -0.3 is 10.4 Å². The Labute approximate surface area is 123 Å². The largest absolute Gasteiger partial charge is 0.384 e. The van der Waals surface area contributed by atoms with Gasteiger partial charge in [-0.05, 0) is 31.5 Å². The number of carbonyl (C=O) groups excluding carboxylic acids is 1. The van der Waals surface area contributed by atoms with E-state index < -0.39 is 0 Å². The van der Waals surface area contributed by atoms with Gasteiger partial charge in [-0.2, -0.15) is 5.10 Å². The SMILES string of the molecule is Cc1nn(C)cc1NC(=O)c1cccc(C#CCO)c1C. The summed E-state index contributed by atoms with van der Waals surface area (Å²) in [5, 5.41) is 15.8. The van der Waals surface area contributed by atoms with E-state index in [1.807, 2.05) is 19.9 Å². The van der Waals surface area contributed by atoms with Crippen molar-refractivity contribution in [3.05, 3.63) is 46.8 Å². The second-order valence-electron chi connectivity index (χ2n) is 4.69. The molecule has 0 bridgehead atoms. The number of hydrogen-bond acceptors (Lipinski definition) is 3. The number of benzene rings is 1. The van der Waals surface area contributed by atoms with E-state index in [2.05, 4.69) is 22.3 Å². The lowest BCUT2D eigenvalue weighted by molar-refractivity contribution is 0.102. The monoisotopic (exact) mass is 283 g/mol. The number of aliphatic hydroxyl groups is 1. The Kier molecular flexibility index (Phi) is 4.41. The maximum atomic E-state index is 12.4. The van der Waals surface area contributed by atoms with Crippen LogP contribution in [0.15, 0.2) is 24.4 Å². The number of aromatic nitrogens is 2. The van der Waals surface area contributed by atoms with E-state index in [-0.39, 0.29) is 12.5 Å². The molecule has 0 atom stereocenters. The van der Waals surface area contributed by atoms with E-state index in [0.29, 0.717) is 11.3 Å². The van der Waals surface area contributed by atoms with Crippen molar-refractivity contribution in [1.82, 2.24) is 9.78 Å². The van der Waals surface area contributed by atoms with Gasteiger partial charge in [-0.15, -0.1) is 0 Å². The molecule has 0 fully saturated rings. The van der Waals surface area contributed by atoms with Crippen LogP contribution < -0.4 is 5.32 Å². The van der Waals surface area contributed by atoms with Gasteiger partial charge in [0.05, 0.1) is 11.4 Å². The molecule has 1 aromatic carbocycles. The maximum absolute atomic E-state index is 12.4. The first-order valence-electron chi connectivity index (χ1n) is 6.54. The van der Waals surface area contributed by atoms with Gasteiger partial charge in [-0.3, -0.25) is 9.48 Å². The first-order chi connectivity index (χ1) is 10.0. The quantitative estimate of drug-likeness (QED) is 0.823. The average molecular weight is 283 g/mol. The molecule has 0 aliphatic carbocycles. The van der Waals surface area contributed by atoms with Crippen molar-refractivity contribution >= 4 is 11.6 Å². The number of anilines is 1. The zero-order valence-corrected chi connectivity index (χ0v) is 12.3. The van der Waals surface area contributed by atoms with E-state index in [1.165, 1.54) is 0 Å². The van der Waals surface area contributed by atoms with Gasteiger partial charge in [0, 0.05) is 24.4 Å². The number of rotatable bonds is 2. The minimum Gasteiger partial charge on any atom is -0.384 e. The van der Waals surface area contributed by atoms with Gasteiger partial charge in [0.2, 0.25) is 0 Å². The Morgan fingerprint density at radius 3 is 2.81 bits per heavy atom. The summed E-state index contributed by atoms with van der Waals surface area (Å²) in [5.74, 6) is 5.24. The van der Waals surface area contributed by atoms with Crippen LogP contribution in [0.1, 0.15) is 27.2 Å². The van der Waals surface area contributed by atoms with E-state index in [0.717, 1.165) is 16.8 Å². The number of nitrogens with one attached hydrogen (secondary N) is 1. The fraction of sp³-hybridized carbons (Fsp3) is 0.250. The molecule has 0 unspecified atom stereocenters. The van der Waals surface area contributed by atoms with Crippen LogP contribution in [0, 0.1) is 25.7 Å². The third kappa shape index (κ3) is 3.30. The van der Waals surface area contributed by atoms with Crippen molar-refractivity contribution in [2.75, 3.05) is 11.9 Å². The third-order valence-electron chi connectivity index (χ3n) is 3.14. The van der Waals surface area contributed by atoms with Crippen LogP contribution in [0.3, 0.4) is 0 Å². The smallest absolute Gasteiger partial charge is 0.256 e. The van der Waals surface area contributed by atoms with Gasteiger partial charge in [0.15, 0.2) is 0 Å². The second kappa shape index (κ2) is 6.25. The summed E-state index contributed by atoms with van der Waals surface area (Å²) in [6.07, 6.45) is 1.76. The maximum Gasteiger partial charge on any atom is 0.256 e. The minimum atomic E-state index is -0.204. The molecule has 1 heterocycles. The van der Waals surface area contributed by atoms with Crippen molar-refractivity contribution < 1.29 is 9.90 Å². The van der Waals surface area contributed by atoms with Gasteiger partial charge in [-0.1, -0.05) is 17.9 Å². The van der Waals surface area contributed by atoms with Crippen LogP contribution >= 0.6 is 0 Å². The number of aryl methyl sites for hydroxylation is 2. The molecule has 2 rings (SSSR count). The van der Waals surface area contributed by atoms with E-state index in [4.69, 9.17) is 5.11 Å². The molecule has 0 aliphatic heterocycles. The van der Waals surface area contributed by atoms with Crippen LogP contribution in [0.25, 0.3) is 0 Å². The number of nitrogens with zero attached hydrogens (tertiary/aromatic N) is 2. The summed E-state index contributed by atoms with van der Waals surface area (Å²) >= 11 is 0. The van der Waals surface area contributed by atoms with E-state index in [9.17, 15) is 4.79 Å². The Bertz CT molecular complexity index is 736. The predicted molar refractivity (Wildman–Crippen MR) is 81.0 cm³/mol. The van der Waals surface area contributed by atoms with Crippen molar-refractivity contribution in [2.45, 2.75) is 13.8 Å². The first-order valence-corrected chi connectivity index (χ1v) is 6.54. The van der Waals surface area contributed by atoms with Gasteiger partial charge in [-0.25, -0.2) is 0 Å². The molecule has 21 heavy (non-hydrogen) atoms. The molecule has 0 spiro atoms. The van der Waals surface area contributed by atoms with Crippen LogP contribution in [0.2, 0.25) is 0 Å². The Balaban J connectivity index is 2.29. The summed E-state index contributed by atoms with van der Waals surface area (Å²) < 4.78 is 1.65. The predicted octanol–water partition coefficient (Wildman–Crippen LogP) is 1.63. The molecule has 5 heteroatoms. The topological polar surface area (TPSA) is 67.2 Å². The van der Waals surface area contributed by atoms with Crippen LogP contribution in [-0.4, -0.2) is 27.4 Å². The molecule has 5 nitrogen and oxygen atoms in total. The molecular formula is C16H17N3O2. The van der Waals surface area contributed by atoms with Crippen molar-refractivity contribution in [3.63, 3.8) is 0 Å². The molecule has 0 saturated heterocycles. The lowest BCUT2D eigenvalue weighted by Crippen LogP contribution is -2.14. The second-order valence-corrected chi connectivity index (χ2v) is 4.69. The molecule has 1 aromatic heterocycles. The summed E-state index contributed by atoms with van der Waals surface area (Å²) in [4.78, 5) is 12.4. The third-order valence-corrected chi connectivity index (χ3v) is 3.14. The summed E-state index contributed by atoms with van der Waals surface area (Å²) in [6.45, 7) is 3.47. The minimum absolute atomic E-state index is 0.198. The summed E-state index contributed by atoms with van der Waals surface area (Å²) in [5.41, 5.74) is 3.54. The van der Waals surface area contributed by atoms with Gasteiger partial charge in [0.25, 0.3) is 5.91 Å². The lowest BCUT2D eigenvalue weighted by atomic mass is 10.0. The fourth-order valence-corrected chi connectivity index (χ4v) is 2.06. The van der Waals surface area contributed by atoms with Crippen LogP contribution in [-0.2, 0) is 7.05 Å². The highest BCUT2D eigenvalue weighted by Gasteiger charge is 2.13. The highest BCUT2D eigenvalue weighted by molar-refractivity contribution is 6.05. The van der Waals surface area contributed by atoms with E-state index in [1.54, 1.807) is 30.1 Å². The average Bonchev–Trinajstić information content (AvgIpc) is 2.75. The molecular weight excluding hydrogens is 266 g/mol. The Hall–Kier alpha value is -2.58. The first kappa shape index (κ1) is 14.8. The van der Waals surface area contributed by atoms with Gasteiger partial charge in [0.1, 0.15) is 6.61 Å². The van der Waals surface area contributed by atoms with Crippen molar-refractivity contribution in [1.29, 1.82) is 0 Å². The van der Waals surface area contributed by atoms with Crippen molar-refractivity contribution in [2.24, 2.45) is 7.05 Å². The fourth-order valence-electron chi connectivity index (χ4n) is 2.06. The number of aliphatic hydroxyl groups excluding tert-OH is 1. The zero-order chi connectivity index (χ0) is 15.4. The lowest BCUT2D eigenvalue weighted by Gasteiger charge is -2.08. The number of carbonyl (C=O) groups is 1. The van der Waals surface area contributed by atoms with Crippen molar-refractivity contribution in [3.8, 4) is 11.8 Å². The molecule has 0 saturated carbocycles. The highest BCUT2D eigenvalue weighted by atomic mass is 16.2. The zero-order valence-electron chi connectivity index (χ0n) is 12.3. The highest BCUT2D eigenvalue weighted by Crippen LogP contribution is 2.17. The molecule has 2 N–H and O–H groups in total. The van der Waals surface area contributed by atoms with Crippen LogP contribution in [0.5, 0.6) is 0 Å². The number of amides is 1. The Morgan fingerprint density at radius 1 is 1.43 bits per heavy atom. The van der Waals surface area contributed by atoms with E-state index >= 15 is 0 Å². The molecule has 1 amide bonds. The summed E-state index contributed by atoms with van der Waals surface area (Å²) in [7, 11) is 1.80. The van der Waals surface area contributed by atoms with Gasteiger partial charge >= 0.3 is 0 Å².